The lowest BCUT2D eigenvalue weighted by Crippen LogP contribution is -2.41. The molecule has 13 heavy (non-hydrogen) atoms. The Bertz CT molecular complexity index is 225. The van der Waals surface area contributed by atoms with Crippen LogP contribution in [0.2, 0.25) is 0 Å². The molecule has 0 fully saturated rings. The van der Waals surface area contributed by atoms with E-state index in [2.05, 4.69) is 44.5 Å². The highest BCUT2D eigenvalue weighted by molar-refractivity contribution is 5.15. The molecular formula is C10H20N2O. The molecule has 0 aromatic carbocycles. The van der Waals surface area contributed by atoms with Crippen molar-refractivity contribution in [3.63, 3.8) is 0 Å². The third kappa shape index (κ3) is 1.53. The van der Waals surface area contributed by atoms with E-state index < -0.39 is 0 Å². The van der Waals surface area contributed by atoms with Crippen molar-refractivity contribution in [2.45, 2.75) is 40.1 Å². The molecule has 0 radical (unpaired) electrons. The molecule has 0 N–H and O–H groups in total. The van der Waals surface area contributed by atoms with Gasteiger partial charge in [0.1, 0.15) is 12.4 Å². The fourth-order valence-corrected chi connectivity index (χ4v) is 1.88. The lowest BCUT2D eigenvalue weighted by Gasteiger charge is -2.33. The van der Waals surface area contributed by atoms with E-state index in [4.69, 9.17) is 4.74 Å². The molecule has 0 aromatic heterocycles. The predicted octanol–water partition coefficient (Wildman–Crippen LogP) is 1.82. The zero-order chi connectivity index (χ0) is 10.2. The topological polar surface area (TPSA) is 15.7 Å². The van der Waals surface area contributed by atoms with Crippen LogP contribution in [0.1, 0.15) is 27.7 Å². The third-order valence-electron chi connectivity index (χ3n) is 3.14. The maximum atomic E-state index is 5.34. The van der Waals surface area contributed by atoms with Crippen LogP contribution in [-0.4, -0.2) is 36.4 Å². The highest BCUT2D eigenvalue weighted by atomic mass is 16.5. The van der Waals surface area contributed by atoms with Crippen LogP contribution < -0.4 is 0 Å². The molecule has 2 atom stereocenters. The molecule has 1 aliphatic heterocycles. The molecule has 0 saturated heterocycles. The minimum Gasteiger partial charge on any atom is -0.362 e. The summed E-state index contributed by atoms with van der Waals surface area (Å²) in [5.74, 6) is 0. The van der Waals surface area contributed by atoms with Crippen molar-refractivity contribution in [1.82, 2.24) is 9.80 Å². The lowest BCUT2D eigenvalue weighted by molar-refractivity contribution is -0.0304. The summed E-state index contributed by atoms with van der Waals surface area (Å²) in [4.78, 5) is 4.56. The number of allylic oxidation sites excluding steroid dienone is 2. The summed E-state index contributed by atoms with van der Waals surface area (Å²) in [5, 5.41) is 0. The van der Waals surface area contributed by atoms with Crippen molar-refractivity contribution in [3.05, 3.63) is 11.4 Å². The van der Waals surface area contributed by atoms with Crippen molar-refractivity contribution in [1.29, 1.82) is 0 Å². The van der Waals surface area contributed by atoms with Crippen LogP contribution in [0.25, 0.3) is 0 Å². The summed E-state index contributed by atoms with van der Waals surface area (Å²) in [6.07, 6.45) is 0.546. The zero-order valence-electron chi connectivity index (χ0n) is 9.46. The van der Waals surface area contributed by atoms with E-state index in [0.717, 1.165) is 0 Å². The second-order valence-electron chi connectivity index (χ2n) is 3.66. The number of rotatable bonds is 2. The predicted molar refractivity (Wildman–Crippen MR) is 53.9 cm³/mol. The molecule has 0 saturated carbocycles. The Morgan fingerprint density at radius 3 is 2.15 bits per heavy atom. The van der Waals surface area contributed by atoms with Gasteiger partial charge in [-0.1, -0.05) is 0 Å². The van der Waals surface area contributed by atoms with E-state index in [1.807, 2.05) is 0 Å². The van der Waals surface area contributed by atoms with Gasteiger partial charge in [0, 0.05) is 25.6 Å². The molecule has 76 valence electrons. The molecule has 0 amide bonds. The maximum Gasteiger partial charge on any atom is 0.128 e. The Kier molecular flexibility index (Phi) is 2.86. The lowest BCUT2D eigenvalue weighted by atomic mass is 10.3. The van der Waals surface area contributed by atoms with Crippen molar-refractivity contribution in [2.24, 2.45) is 0 Å². The molecule has 1 aliphatic rings. The van der Waals surface area contributed by atoms with Gasteiger partial charge in [-0.15, -0.1) is 0 Å². The van der Waals surface area contributed by atoms with Crippen LogP contribution in [-0.2, 0) is 4.74 Å². The molecule has 3 heteroatoms. The van der Waals surface area contributed by atoms with E-state index in [1.54, 1.807) is 7.11 Å². The number of ether oxygens (including phenoxy) is 1. The summed E-state index contributed by atoms with van der Waals surface area (Å²) >= 11 is 0. The Labute approximate surface area is 81.0 Å². The van der Waals surface area contributed by atoms with Crippen molar-refractivity contribution >= 4 is 0 Å². The van der Waals surface area contributed by atoms with E-state index in [1.165, 1.54) is 11.4 Å². The number of hydrogen-bond acceptors (Lipinski definition) is 3. The van der Waals surface area contributed by atoms with Gasteiger partial charge in [0.25, 0.3) is 0 Å². The Morgan fingerprint density at radius 2 is 1.85 bits per heavy atom. The van der Waals surface area contributed by atoms with Gasteiger partial charge in [0.2, 0.25) is 0 Å². The van der Waals surface area contributed by atoms with Gasteiger partial charge in [-0.25, -0.2) is 0 Å². The van der Waals surface area contributed by atoms with Gasteiger partial charge in [0.05, 0.1) is 0 Å². The zero-order valence-corrected chi connectivity index (χ0v) is 9.46. The monoisotopic (exact) mass is 184 g/mol. The molecule has 1 rings (SSSR count). The SMILES string of the molecule is COC(C)N1C(C)=C(C)N(C)C1C. The second kappa shape index (κ2) is 3.58. The average molecular weight is 184 g/mol. The van der Waals surface area contributed by atoms with Crippen LogP contribution in [0.3, 0.4) is 0 Å². The van der Waals surface area contributed by atoms with E-state index in [9.17, 15) is 0 Å². The van der Waals surface area contributed by atoms with Crippen molar-refractivity contribution in [3.8, 4) is 0 Å². The van der Waals surface area contributed by atoms with Crippen LogP contribution in [0.4, 0.5) is 0 Å². The molecule has 3 nitrogen and oxygen atoms in total. The first kappa shape index (κ1) is 10.4. The molecule has 0 aromatic rings. The van der Waals surface area contributed by atoms with E-state index in [0.29, 0.717) is 6.17 Å². The number of nitrogens with zero attached hydrogens (tertiary/aromatic N) is 2. The van der Waals surface area contributed by atoms with Crippen molar-refractivity contribution < 1.29 is 4.74 Å². The van der Waals surface area contributed by atoms with Gasteiger partial charge in [-0.05, 0) is 27.7 Å². The summed E-state index contributed by atoms with van der Waals surface area (Å²) in [7, 11) is 3.87. The number of methoxy groups -OCH3 is 1. The molecular weight excluding hydrogens is 164 g/mol. The Balaban J connectivity index is 2.88. The van der Waals surface area contributed by atoms with Gasteiger partial charge in [0.15, 0.2) is 0 Å². The fourth-order valence-electron chi connectivity index (χ4n) is 1.88. The van der Waals surface area contributed by atoms with E-state index >= 15 is 0 Å². The van der Waals surface area contributed by atoms with Gasteiger partial charge in [-0.2, -0.15) is 0 Å². The van der Waals surface area contributed by atoms with Gasteiger partial charge < -0.3 is 14.5 Å². The van der Waals surface area contributed by atoms with Gasteiger partial charge in [-0.3, -0.25) is 0 Å². The highest BCUT2D eigenvalue weighted by Crippen LogP contribution is 2.28. The minimum atomic E-state index is 0.148. The largest absolute Gasteiger partial charge is 0.362 e. The summed E-state index contributed by atoms with van der Waals surface area (Å²) in [6, 6.07) is 0. The maximum absolute atomic E-state index is 5.34. The average Bonchev–Trinajstić information content (AvgIpc) is 2.30. The third-order valence-corrected chi connectivity index (χ3v) is 3.14. The van der Waals surface area contributed by atoms with Crippen LogP contribution in [0.5, 0.6) is 0 Å². The molecule has 1 heterocycles. The first-order valence-corrected chi connectivity index (χ1v) is 4.72. The fraction of sp³-hybridized carbons (Fsp3) is 0.800. The standard InChI is InChI=1S/C10H20N2O/c1-7-8(2)12(10(4)13-6)9(3)11(7)5/h9-10H,1-6H3. The molecule has 0 spiro atoms. The Hall–Kier alpha value is -0.700. The Morgan fingerprint density at radius 1 is 1.31 bits per heavy atom. The van der Waals surface area contributed by atoms with Crippen LogP contribution in [0, 0.1) is 0 Å². The molecule has 2 unspecified atom stereocenters. The summed E-state index contributed by atoms with van der Waals surface area (Å²) < 4.78 is 5.34. The van der Waals surface area contributed by atoms with Gasteiger partial charge >= 0.3 is 0 Å². The molecule has 0 aliphatic carbocycles. The first-order chi connectivity index (χ1) is 6.00. The number of hydrogen-bond donors (Lipinski definition) is 0. The summed E-state index contributed by atoms with van der Waals surface area (Å²) in [6.45, 7) is 8.56. The normalized spacial score (nSPS) is 25.8. The van der Waals surface area contributed by atoms with Crippen LogP contribution in [0.15, 0.2) is 11.4 Å². The van der Waals surface area contributed by atoms with Crippen LogP contribution >= 0.6 is 0 Å². The van der Waals surface area contributed by atoms with Crippen molar-refractivity contribution in [2.75, 3.05) is 14.2 Å². The quantitative estimate of drug-likeness (QED) is 0.651. The smallest absolute Gasteiger partial charge is 0.128 e. The highest BCUT2D eigenvalue weighted by Gasteiger charge is 2.31. The minimum absolute atomic E-state index is 0.148. The van der Waals surface area contributed by atoms with E-state index in [-0.39, 0.29) is 6.23 Å². The molecule has 0 bridgehead atoms. The first-order valence-electron chi connectivity index (χ1n) is 4.72. The summed E-state index contributed by atoms with van der Waals surface area (Å²) in [5.41, 5.74) is 2.64. The second-order valence-corrected chi connectivity index (χ2v) is 3.66.